The first-order valence-electron chi connectivity index (χ1n) is 5.60. The maximum atomic E-state index is 13.1. The molecule has 0 saturated carbocycles. The largest absolute Gasteiger partial charge is 0.294 e. The van der Waals surface area contributed by atoms with E-state index in [4.69, 9.17) is 0 Å². The molecule has 2 aromatic rings. The average Bonchev–Trinajstić information content (AvgIpc) is 2.34. The Balaban J connectivity index is 2.27. The van der Waals surface area contributed by atoms with Crippen LogP contribution in [0, 0.1) is 12.7 Å². The summed E-state index contributed by atoms with van der Waals surface area (Å²) >= 11 is 3.33. The molecule has 0 saturated heterocycles. The van der Waals surface area contributed by atoms with Gasteiger partial charge in [0.15, 0.2) is 5.78 Å². The summed E-state index contributed by atoms with van der Waals surface area (Å²) in [5.74, 6) is -0.329. The molecule has 0 radical (unpaired) electrons. The van der Waals surface area contributed by atoms with Gasteiger partial charge in [-0.1, -0.05) is 40.2 Å². The Kier molecular flexibility index (Phi) is 3.92. The number of carbonyl (C=O) groups excluding carboxylic acids is 1. The van der Waals surface area contributed by atoms with Crippen molar-refractivity contribution in [2.75, 3.05) is 0 Å². The predicted molar refractivity (Wildman–Crippen MR) is 73.3 cm³/mol. The van der Waals surface area contributed by atoms with Gasteiger partial charge in [0.05, 0.1) is 0 Å². The summed E-state index contributed by atoms with van der Waals surface area (Å²) in [6, 6.07) is 11.8. The van der Waals surface area contributed by atoms with E-state index in [2.05, 4.69) is 15.9 Å². The van der Waals surface area contributed by atoms with Crippen molar-refractivity contribution in [3.05, 3.63) is 69.4 Å². The Morgan fingerprint density at radius 1 is 1.22 bits per heavy atom. The van der Waals surface area contributed by atoms with Crippen LogP contribution in [-0.2, 0) is 6.42 Å². The fourth-order valence-corrected chi connectivity index (χ4v) is 2.22. The third-order valence-electron chi connectivity index (χ3n) is 2.80. The smallest absolute Gasteiger partial charge is 0.167 e. The van der Waals surface area contributed by atoms with Crippen LogP contribution in [0.4, 0.5) is 4.39 Å². The van der Waals surface area contributed by atoms with Crippen LogP contribution in [0.25, 0.3) is 0 Å². The van der Waals surface area contributed by atoms with Gasteiger partial charge in [0.25, 0.3) is 0 Å². The quantitative estimate of drug-likeness (QED) is 0.772. The molecule has 0 amide bonds. The van der Waals surface area contributed by atoms with Crippen LogP contribution in [0.2, 0.25) is 0 Å². The summed E-state index contributed by atoms with van der Waals surface area (Å²) in [7, 11) is 0. The molecule has 92 valence electrons. The molecule has 1 nitrogen and oxygen atoms in total. The molecule has 0 spiro atoms. The summed E-state index contributed by atoms with van der Waals surface area (Å²) in [5, 5.41) is 0. The molecule has 0 bridgehead atoms. The maximum absolute atomic E-state index is 13.1. The van der Waals surface area contributed by atoms with Gasteiger partial charge < -0.3 is 0 Å². The minimum Gasteiger partial charge on any atom is -0.294 e. The number of hydrogen-bond acceptors (Lipinski definition) is 1. The fraction of sp³-hybridized carbons (Fsp3) is 0.133. The standard InChI is InChI=1S/C15H12BrFO/c1-10-4-2-3-5-13(10)15(18)9-11-8-12(17)6-7-14(11)16/h2-8H,9H2,1H3. The van der Waals surface area contributed by atoms with Crippen LogP contribution >= 0.6 is 15.9 Å². The fourth-order valence-electron chi connectivity index (χ4n) is 1.83. The van der Waals surface area contributed by atoms with Gasteiger partial charge in [-0.05, 0) is 36.2 Å². The lowest BCUT2D eigenvalue weighted by atomic mass is 9.99. The first-order valence-corrected chi connectivity index (χ1v) is 6.40. The van der Waals surface area contributed by atoms with Gasteiger partial charge in [-0.15, -0.1) is 0 Å². The monoisotopic (exact) mass is 306 g/mol. The molecule has 2 rings (SSSR count). The van der Waals surface area contributed by atoms with Crippen molar-refractivity contribution >= 4 is 21.7 Å². The molecule has 18 heavy (non-hydrogen) atoms. The molecular formula is C15H12BrFO. The summed E-state index contributed by atoms with van der Waals surface area (Å²) in [6.45, 7) is 1.90. The van der Waals surface area contributed by atoms with Crippen molar-refractivity contribution in [1.29, 1.82) is 0 Å². The first kappa shape index (κ1) is 13.0. The highest BCUT2D eigenvalue weighted by atomic mass is 79.9. The lowest BCUT2D eigenvalue weighted by Crippen LogP contribution is -2.06. The molecule has 0 aliphatic heterocycles. The summed E-state index contributed by atoms with van der Waals surface area (Å²) in [4.78, 5) is 12.2. The van der Waals surface area contributed by atoms with Gasteiger partial charge >= 0.3 is 0 Å². The molecule has 0 aliphatic rings. The van der Waals surface area contributed by atoms with E-state index < -0.39 is 0 Å². The van der Waals surface area contributed by atoms with Gasteiger partial charge in [-0.25, -0.2) is 4.39 Å². The second kappa shape index (κ2) is 5.44. The zero-order valence-corrected chi connectivity index (χ0v) is 11.5. The lowest BCUT2D eigenvalue weighted by molar-refractivity contribution is 0.0992. The van der Waals surface area contributed by atoms with E-state index in [0.717, 1.165) is 10.0 Å². The zero-order valence-electron chi connectivity index (χ0n) is 9.91. The van der Waals surface area contributed by atoms with Crippen molar-refractivity contribution in [2.45, 2.75) is 13.3 Å². The van der Waals surface area contributed by atoms with Crippen LogP contribution < -0.4 is 0 Å². The van der Waals surface area contributed by atoms with Gasteiger partial charge in [0.2, 0.25) is 0 Å². The summed E-state index contributed by atoms with van der Waals surface area (Å²) < 4.78 is 13.9. The van der Waals surface area contributed by atoms with Crippen LogP contribution in [0.3, 0.4) is 0 Å². The molecule has 0 aromatic heterocycles. The van der Waals surface area contributed by atoms with E-state index in [1.54, 1.807) is 12.1 Å². The van der Waals surface area contributed by atoms with Crippen LogP contribution in [0.15, 0.2) is 46.9 Å². The highest BCUT2D eigenvalue weighted by molar-refractivity contribution is 9.10. The van der Waals surface area contributed by atoms with E-state index >= 15 is 0 Å². The summed E-state index contributed by atoms with van der Waals surface area (Å²) in [5.41, 5.74) is 2.30. The third kappa shape index (κ3) is 2.85. The van der Waals surface area contributed by atoms with E-state index in [9.17, 15) is 9.18 Å². The Morgan fingerprint density at radius 2 is 1.94 bits per heavy atom. The number of rotatable bonds is 3. The highest BCUT2D eigenvalue weighted by Crippen LogP contribution is 2.20. The van der Waals surface area contributed by atoms with Crippen molar-refractivity contribution in [1.82, 2.24) is 0 Å². The highest BCUT2D eigenvalue weighted by Gasteiger charge is 2.11. The topological polar surface area (TPSA) is 17.1 Å². The van der Waals surface area contributed by atoms with E-state index in [1.807, 2.05) is 25.1 Å². The molecule has 3 heteroatoms. The second-order valence-corrected chi connectivity index (χ2v) is 5.00. The van der Waals surface area contributed by atoms with E-state index in [-0.39, 0.29) is 18.0 Å². The van der Waals surface area contributed by atoms with Crippen LogP contribution in [-0.4, -0.2) is 5.78 Å². The van der Waals surface area contributed by atoms with Crippen LogP contribution in [0.1, 0.15) is 21.5 Å². The Bertz CT molecular complexity index is 593. The minimum atomic E-state index is -0.328. The minimum absolute atomic E-state index is 0.000556. The maximum Gasteiger partial charge on any atom is 0.167 e. The number of ketones is 1. The van der Waals surface area contributed by atoms with E-state index in [0.29, 0.717) is 11.1 Å². The lowest BCUT2D eigenvalue weighted by Gasteiger charge is -2.06. The van der Waals surface area contributed by atoms with Crippen LogP contribution in [0.5, 0.6) is 0 Å². The Hall–Kier alpha value is -1.48. The number of Topliss-reactive ketones (excluding diaryl/α,β-unsaturated/α-hetero) is 1. The molecular weight excluding hydrogens is 295 g/mol. The van der Waals surface area contributed by atoms with Crippen molar-refractivity contribution < 1.29 is 9.18 Å². The zero-order chi connectivity index (χ0) is 13.1. The van der Waals surface area contributed by atoms with Gasteiger partial charge in [-0.3, -0.25) is 4.79 Å². The Labute approximate surface area is 114 Å². The predicted octanol–water partition coefficient (Wildman–Crippen LogP) is 4.32. The molecule has 0 aliphatic carbocycles. The number of halogens is 2. The normalized spacial score (nSPS) is 10.4. The van der Waals surface area contributed by atoms with Gasteiger partial charge in [0, 0.05) is 16.5 Å². The number of hydrogen-bond donors (Lipinski definition) is 0. The molecule has 0 N–H and O–H groups in total. The molecule has 2 aromatic carbocycles. The molecule has 0 unspecified atom stereocenters. The molecule has 0 fully saturated rings. The average molecular weight is 307 g/mol. The number of benzene rings is 2. The van der Waals surface area contributed by atoms with E-state index in [1.165, 1.54) is 12.1 Å². The van der Waals surface area contributed by atoms with Crippen molar-refractivity contribution in [2.24, 2.45) is 0 Å². The summed E-state index contributed by atoms with van der Waals surface area (Å²) in [6.07, 6.45) is 0.198. The SMILES string of the molecule is Cc1ccccc1C(=O)Cc1cc(F)ccc1Br. The molecule has 0 heterocycles. The van der Waals surface area contributed by atoms with Gasteiger partial charge in [0.1, 0.15) is 5.82 Å². The van der Waals surface area contributed by atoms with Crippen molar-refractivity contribution in [3.8, 4) is 0 Å². The number of aryl methyl sites for hydroxylation is 1. The third-order valence-corrected chi connectivity index (χ3v) is 3.58. The Morgan fingerprint density at radius 3 is 2.67 bits per heavy atom. The molecule has 0 atom stereocenters. The second-order valence-electron chi connectivity index (χ2n) is 4.15. The van der Waals surface area contributed by atoms with Crippen molar-refractivity contribution in [3.63, 3.8) is 0 Å². The van der Waals surface area contributed by atoms with Gasteiger partial charge in [-0.2, -0.15) is 0 Å². The first-order chi connectivity index (χ1) is 8.58. The number of carbonyl (C=O) groups is 1.